The number of hydrogen-bond donors (Lipinski definition) is 2. The first-order chi connectivity index (χ1) is 22.0. The monoisotopic (exact) mass is 646 g/mol. The number of hydrogen-bond acceptors (Lipinski definition) is 8. The molecular formula is C34H37F3N8O2. The molecule has 0 fully saturated rings. The van der Waals surface area contributed by atoms with Gasteiger partial charge in [0.1, 0.15) is 18.0 Å². The number of pyridine rings is 1. The van der Waals surface area contributed by atoms with Gasteiger partial charge in [-0.2, -0.15) is 18.4 Å². The predicted octanol–water partition coefficient (Wildman–Crippen LogP) is 5.87. The molecule has 2 N–H and O–H groups in total. The van der Waals surface area contributed by atoms with Crippen molar-refractivity contribution in [3.8, 4) is 28.6 Å². The topological polar surface area (TPSA) is 123 Å². The van der Waals surface area contributed by atoms with E-state index in [1.807, 2.05) is 13.8 Å². The molecule has 13 heteroatoms. The number of aliphatic hydroxyl groups is 1. The molecule has 4 aromatic rings. The van der Waals surface area contributed by atoms with Crippen LogP contribution in [0.3, 0.4) is 0 Å². The number of carbonyl (C=O) groups excluding carboxylic acids is 1. The molecule has 1 aliphatic heterocycles. The molecule has 2 aromatic carbocycles. The molecule has 47 heavy (non-hydrogen) atoms. The van der Waals surface area contributed by atoms with E-state index in [1.165, 1.54) is 11.0 Å². The molecule has 0 unspecified atom stereocenters. The fourth-order valence-electron chi connectivity index (χ4n) is 5.81. The quantitative estimate of drug-likeness (QED) is 0.220. The summed E-state index contributed by atoms with van der Waals surface area (Å²) in [6, 6.07) is 13.3. The lowest BCUT2D eigenvalue weighted by Crippen LogP contribution is -2.35. The van der Waals surface area contributed by atoms with Crippen LogP contribution >= 0.6 is 0 Å². The van der Waals surface area contributed by atoms with E-state index in [9.17, 15) is 28.3 Å². The average molecular weight is 647 g/mol. The molecule has 246 valence electrons. The van der Waals surface area contributed by atoms with Crippen LogP contribution in [0.4, 0.5) is 24.8 Å². The van der Waals surface area contributed by atoms with Gasteiger partial charge >= 0.3 is 6.18 Å². The number of halogens is 3. The maximum absolute atomic E-state index is 14.4. The van der Waals surface area contributed by atoms with Gasteiger partial charge < -0.3 is 15.0 Å². The largest absolute Gasteiger partial charge is 0.416 e. The molecule has 1 amide bonds. The predicted molar refractivity (Wildman–Crippen MR) is 172 cm³/mol. The fraction of sp³-hybridized carbons (Fsp3) is 0.382. The van der Waals surface area contributed by atoms with Gasteiger partial charge in [-0.05, 0) is 91.5 Å². The maximum atomic E-state index is 14.4. The summed E-state index contributed by atoms with van der Waals surface area (Å²) < 4.78 is 45.1. The van der Waals surface area contributed by atoms with E-state index in [1.54, 1.807) is 74.1 Å². The van der Waals surface area contributed by atoms with Gasteiger partial charge in [0.2, 0.25) is 0 Å². The standard InChI is InChI=1S/C34H37F3N8O2/c1-20(2)15-39-29-12-23(25-9-21(14-38)7-8-24(25)31-42-40-19-44(31)6)13-30(41-29)45-17-27-26(32(45)46)10-22(11-28(27)34(35,36)37)16-43(5)18-33(3,4)47/h7-13,19-20,47H,15-18H2,1-6H3,(H,39,41). The van der Waals surface area contributed by atoms with Crippen LogP contribution in [0.1, 0.15) is 60.3 Å². The Morgan fingerprint density at radius 2 is 1.85 bits per heavy atom. The molecule has 0 bridgehead atoms. The molecule has 3 heterocycles. The van der Waals surface area contributed by atoms with E-state index in [-0.39, 0.29) is 42.5 Å². The Balaban J connectivity index is 1.62. The van der Waals surface area contributed by atoms with Crippen molar-refractivity contribution in [3.63, 3.8) is 0 Å². The number of aromatic nitrogens is 4. The number of carbonyl (C=O) groups is 1. The molecule has 10 nitrogen and oxygen atoms in total. The number of fused-ring (bicyclic) bond motifs is 1. The summed E-state index contributed by atoms with van der Waals surface area (Å²) in [5.41, 5.74) is 0.488. The summed E-state index contributed by atoms with van der Waals surface area (Å²) in [5.74, 6) is 0.776. The molecule has 0 atom stereocenters. The van der Waals surface area contributed by atoms with Gasteiger partial charge in [0.15, 0.2) is 5.82 Å². The Bertz CT molecular complexity index is 1850. The summed E-state index contributed by atoms with van der Waals surface area (Å²) in [4.78, 5) is 21.6. The highest BCUT2D eigenvalue weighted by Gasteiger charge is 2.41. The van der Waals surface area contributed by atoms with Crippen molar-refractivity contribution in [2.45, 2.75) is 52.6 Å². The van der Waals surface area contributed by atoms with Gasteiger partial charge in [0.25, 0.3) is 5.91 Å². The fourth-order valence-corrected chi connectivity index (χ4v) is 5.81. The van der Waals surface area contributed by atoms with Crippen LogP contribution in [0.5, 0.6) is 0 Å². The molecule has 1 aliphatic rings. The number of anilines is 2. The molecule has 2 aromatic heterocycles. The smallest absolute Gasteiger partial charge is 0.389 e. The van der Waals surface area contributed by atoms with Gasteiger partial charge in [0, 0.05) is 37.8 Å². The third-order valence-corrected chi connectivity index (χ3v) is 7.71. The lowest BCUT2D eigenvalue weighted by molar-refractivity contribution is -0.138. The van der Waals surface area contributed by atoms with Gasteiger partial charge in [-0.25, -0.2) is 4.98 Å². The highest BCUT2D eigenvalue weighted by atomic mass is 19.4. The van der Waals surface area contributed by atoms with Crippen molar-refractivity contribution in [3.05, 3.63) is 76.6 Å². The molecule has 0 radical (unpaired) electrons. The Morgan fingerprint density at radius 1 is 1.11 bits per heavy atom. The molecular weight excluding hydrogens is 609 g/mol. The minimum absolute atomic E-state index is 0.0402. The van der Waals surface area contributed by atoms with Gasteiger partial charge in [-0.3, -0.25) is 14.6 Å². The average Bonchev–Trinajstić information content (AvgIpc) is 3.56. The van der Waals surface area contributed by atoms with Crippen molar-refractivity contribution in [1.82, 2.24) is 24.6 Å². The number of amides is 1. The SMILES string of the molecule is CC(C)CNc1cc(-c2cc(C#N)ccc2-c2nncn2C)cc(N2Cc3c(cc(CN(C)CC(C)(C)O)cc3C(F)(F)F)C2=O)n1. The van der Waals surface area contributed by atoms with Crippen LogP contribution in [0.2, 0.25) is 0 Å². The Labute approximate surface area is 271 Å². The minimum atomic E-state index is -4.70. The van der Waals surface area contributed by atoms with Crippen LogP contribution in [-0.4, -0.2) is 61.4 Å². The molecule has 0 saturated heterocycles. The Kier molecular flexibility index (Phi) is 9.12. The van der Waals surface area contributed by atoms with Crippen molar-refractivity contribution in [2.75, 3.05) is 30.4 Å². The van der Waals surface area contributed by atoms with Gasteiger partial charge in [-0.15, -0.1) is 10.2 Å². The number of alkyl halides is 3. The van der Waals surface area contributed by atoms with Gasteiger partial charge in [-0.1, -0.05) is 13.8 Å². The normalized spacial score (nSPS) is 13.4. The Hall–Kier alpha value is -4.80. The van der Waals surface area contributed by atoms with Crippen molar-refractivity contribution in [2.24, 2.45) is 13.0 Å². The van der Waals surface area contributed by atoms with E-state index in [4.69, 9.17) is 0 Å². The van der Waals surface area contributed by atoms with Crippen LogP contribution < -0.4 is 10.2 Å². The first-order valence-electron chi connectivity index (χ1n) is 15.1. The summed E-state index contributed by atoms with van der Waals surface area (Å²) >= 11 is 0. The van der Waals surface area contributed by atoms with E-state index in [0.717, 1.165) is 6.07 Å². The first-order valence-corrected chi connectivity index (χ1v) is 15.1. The van der Waals surface area contributed by atoms with E-state index >= 15 is 0 Å². The lowest BCUT2D eigenvalue weighted by atomic mass is 9.97. The van der Waals surface area contributed by atoms with Crippen LogP contribution in [0.15, 0.2) is 48.8 Å². The van der Waals surface area contributed by atoms with Crippen LogP contribution in [0.25, 0.3) is 22.5 Å². The summed E-state index contributed by atoms with van der Waals surface area (Å²) in [7, 11) is 3.49. The Morgan fingerprint density at radius 3 is 2.47 bits per heavy atom. The number of rotatable bonds is 10. The van der Waals surface area contributed by atoms with Crippen LogP contribution in [0, 0.1) is 17.2 Å². The molecule has 0 saturated carbocycles. The minimum Gasteiger partial charge on any atom is -0.389 e. The highest BCUT2D eigenvalue weighted by Crippen LogP contribution is 2.41. The second-order valence-electron chi connectivity index (χ2n) is 13.1. The van der Waals surface area contributed by atoms with Crippen molar-refractivity contribution < 1.29 is 23.1 Å². The number of aryl methyl sites for hydroxylation is 1. The second kappa shape index (κ2) is 12.8. The third kappa shape index (κ3) is 7.45. The summed E-state index contributed by atoms with van der Waals surface area (Å²) in [6.07, 6.45) is -3.15. The van der Waals surface area contributed by atoms with E-state index in [2.05, 4.69) is 26.6 Å². The zero-order chi connectivity index (χ0) is 34.3. The molecule has 0 aliphatic carbocycles. The van der Waals surface area contributed by atoms with E-state index in [0.29, 0.717) is 46.0 Å². The van der Waals surface area contributed by atoms with Crippen LogP contribution in [-0.2, 0) is 26.3 Å². The van der Waals surface area contributed by atoms with Crippen molar-refractivity contribution in [1.29, 1.82) is 5.26 Å². The number of nitrogens with zero attached hydrogens (tertiary/aromatic N) is 7. The third-order valence-electron chi connectivity index (χ3n) is 7.71. The summed E-state index contributed by atoms with van der Waals surface area (Å²) in [6.45, 7) is 7.84. The molecule has 5 rings (SSSR count). The first kappa shape index (κ1) is 33.6. The lowest BCUT2D eigenvalue weighted by Gasteiger charge is -2.26. The number of benzene rings is 2. The zero-order valence-corrected chi connectivity index (χ0v) is 27.1. The highest BCUT2D eigenvalue weighted by molar-refractivity contribution is 6.10. The van der Waals surface area contributed by atoms with E-state index < -0.39 is 23.2 Å². The zero-order valence-electron chi connectivity index (χ0n) is 27.1. The summed E-state index contributed by atoms with van der Waals surface area (Å²) in [5, 5.41) is 31.4. The van der Waals surface area contributed by atoms with Gasteiger partial charge in [0.05, 0.1) is 29.3 Å². The molecule has 0 spiro atoms. The number of likely N-dealkylation sites (N-methyl/N-ethyl adjacent to an activating group) is 1. The second-order valence-corrected chi connectivity index (χ2v) is 13.1. The van der Waals surface area contributed by atoms with Crippen molar-refractivity contribution >= 4 is 17.5 Å². The number of nitrogens with one attached hydrogen (secondary N) is 1. The number of nitriles is 1. The maximum Gasteiger partial charge on any atom is 0.416 e.